The Labute approximate surface area is 203 Å². The molecule has 2 N–H and O–H groups in total. The van der Waals surface area contributed by atoms with Crippen LogP contribution in [0.25, 0.3) is 0 Å². The number of hydrogen-bond acceptors (Lipinski definition) is 4. The molecule has 0 saturated heterocycles. The van der Waals surface area contributed by atoms with E-state index >= 15 is 0 Å². The molecule has 2 rings (SSSR count). The molecule has 34 heavy (non-hydrogen) atoms. The van der Waals surface area contributed by atoms with Crippen LogP contribution in [0.3, 0.4) is 0 Å². The Morgan fingerprint density at radius 3 is 2.00 bits per heavy atom. The molecule has 0 aromatic heterocycles. The van der Waals surface area contributed by atoms with Gasteiger partial charge in [-0.1, -0.05) is 76.5 Å². The number of anilines is 2. The van der Waals surface area contributed by atoms with Gasteiger partial charge >= 0.3 is 5.97 Å². The summed E-state index contributed by atoms with van der Waals surface area (Å²) in [6, 6.07) is 13.9. The molecule has 0 atom stereocenters. The Bertz CT molecular complexity index is 926. The van der Waals surface area contributed by atoms with E-state index in [1.807, 2.05) is 25.1 Å². The Morgan fingerprint density at radius 2 is 1.32 bits per heavy atom. The number of rotatable bonds is 15. The SMILES string of the molecule is CCCCCCCCCCCC(=O)Nc1cccc(C(=O)OCC(=O)Nc2cccc(C)c2)c1. The predicted molar refractivity (Wildman–Crippen MR) is 137 cm³/mol. The Balaban J connectivity index is 1.67. The van der Waals surface area contributed by atoms with E-state index in [4.69, 9.17) is 4.74 Å². The maximum absolute atomic E-state index is 12.3. The van der Waals surface area contributed by atoms with Gasteiger partial charge in [0.2, 0.25) is 5.91 Å². The van der Waals surface area contributed by atoms with Crippen LogP contribution in [-0.2, 0) is 14.3 Å². The lowest BCUT2D eigenvalue weighted by Crippen LogP contribution is -2.21. The van der Waals surface area contributed by atoms with Crippen LogP contribution < -0.4 is 10.6 Å². The summed E-state index contributed by atoms with van der Waals surface area (Å²) in [6.07, 6.45) is 11.3. The third kappa shape index (κ3) is 11.1. The summed E-state index contributed by atoms with van der Waals surface area (Å²) >= 11 is 0. The fourth-order valence-corrected chi connectivity index (χ4v) is 3.68. The van der Waals surface area contributed by atoms with Crippen LogP contribution >= 0.6 is 0 Å². The first-order valence-corrected chi connectivity index (χ1v) is 12.4. The van der Waals surface area contributed by atoms with E-state index in [9.17, 15) is 14.4 Å². The molecule has 2 amide bonds. The van der Waals surface area contributed by atoms with Gasteiger partial charge in [0.25, 0.3) is 5.91 Å². The largest absolute Gasteiger partial charge is 0.452 e. The molecule has 0 aliphatic carbocycles. The quantitative estimate of drug-likeness (QED) is 0.227. The molecular formula is C28H38N2O4. The van der Waals surface area contributed by atoms with Crippen molar-refractivity contribution in [2.45, 2.75) is 78.1 Å². The number of ether oxygens (including phenoxy) is 1. The van der Waals surface area contributed by atoms with E-state index in [2.05, 4.69) is 17.6 Å². The van der Waals surface area contributed by atoms with Crippen LogP contribution in [0, 0.1) is 6.92 Å². The molecule has 0 aliphatic rings. The zero-order chi connectivity index (χ0) is 24.6. The number of esters is 1. The normalized spacial score (nSPS) is 10.5. The van der Waals surface area contributed by atoms with E-state index in [1.54, 1.807) is 30.3 Å². The van der Waals surface area contributed by atoms with Crippen molar-refractivity contribution in [3.63, 3.8) is 0 Å². The van der Waals surface area contributed by atoms with Crippen LogP contribution in [-0.4, -0.2) is 24.4 Å². The van der Waals surface area contributed by atoms with Gasteiger partial charge in [-0.25, -0.2) is 4.79 Å². The minimum absolute atomic E-state index is 0.0639. The molecule has 0 bridgehead atoms. The average molecular weight is 467 g/mol. The van der Waals surface area contributed by atoms with Gasteiger partial charge < -0.3 is 15.4 Å². The van der Waals surface area contributed by atoms with E-state index < -0.39 is 11.9 Å². The second kappa shape index (κ2) is 15.6. The number of carbonyl (C=O) groups excluding carboxylic acids is 3. The molecule has 0 aliphatic heterocycles. The summed E-state index contributed by atoms with van der Waals surface area (Å²) in [5.74, 6) is -1.09. The third-order valence-corrected chi connectivity index (χ3v) is 5.53. The van der Waals surface area contributed by atoms with E-state index in [1.165, 1.54) is 38.5 Å². The molecule has 6 heteroatoms. The van der Waals surface area contributed by atoms with Gasteiger partial charge in [0.15, 0.2) is 6.61 Å². The molecule has 0 fully saturated rings. The van der Waals surface area contributed by atoms with Crippen LogP contribution in [0.2, 0.25) is 0 Å². The molecule has 2 aromatic carbocycles. The molecular weight excluding hydrogens is 428 g/mol. The van der Waals surface area contributed by atoms with Crippen LogP contribution in [0.5, 0.6) is 0 Å². The zero-order valence-electron chi connectivity index (χ0n) is 20.5. The standard InChI is InChI=1S/C28H38N2O4/c1-3-4-5-6-7-8-9-10-11-18-26(31)29-25-17-13-15-23(20-25)28(33)34-21-27(32)30-24-16-12-14-22(2)19-24/h12-17,19-20H,3-11,18,21H2,1-2H3,(H,29,31)(H,30,32). The molecule has 0 radical (unpaired) electrons. The van der Waals surface area contributed by atoms with Crippen LogP contribution in [0.15, 0.2) is 48.5 Å². The molecule has 0 saturated carbocycles. The van der Waals surface area contributed by atoms with Gasteiger partial charge in [0.05, 0.1) is 5.56 Å². The third-order valence-electron chi connectivity index (χ3n) is 5.53. The lowest BCUT2D eigenvalue weighted by atomic mass is 10.1. The van der Waals surface area contributed by atoms with Crippen molar-refractivity contribution < 1.29 is 19.1 Å². The summed E-state index contributed by atoms with van der Waals surface area (Å²) in [4.78, 5) is 36.6. The van der Waals surface area contributed by atoms with Gasteiger partial charge in [0.1, 0.15) is 0 Å². The Hall–Kier alpha value is -3.15. The number of benzene rings is 2. The second-order valence-corrected chi connectivity index (χ2v) is 8.70. The summed E-state index contributed by atoms with van der Waals surface area (Å²) in [7, 11) is 0. The Morgan fingerprint density at radius 1 is 0.735 bits per heavy atom. The number of hydrogen-bond donors (Lipinski definition) is 2. The van der Waals surface area contributed by atoms with Crippen molar-refractivity contribution in [1.82, 2.24) is 0 Å². The van der Waals surface area contributed by atoms with Gasteiger partial charge in [-0.2, -0.15) is 0 Å². The number of nitrogens with one attached hydrogen (secondary N) is 2. The van der Waals surface area contributed by atoms with E-state index in [-0.39, 0.29) is 18.1 Å². The zero-order valence-corrected chi connectivity index (χ0v) is 20.5. The van der Waals surface area contributed by atoms with Crippen LogP contribution in [0.1, 0.15) is 87.1 Å². The summed E-state index contributed by atoms with van der Waals surface area (Å²) in [5, 5.41) is 5.54. The molecule has 0 unspecified atom stereocenters. The van der Waals surface area contributed by atoms with Gasteiger partial charge in [-0.15, -0.1) is 0 Å². The topological polar surface area (TPSA) is 84.5 Å². The highest BCUT2D eigenvalue weighted by Crippen LogP contribution is 2.15. The summed E-state index contributed by atoms with van der Waals surface area (Å²) in [6.45, 7) is 3.77. The molecule has 0 spiro atoms. The van der Waals surface area contributed by atoms with Crippen molar-refractivity contribution in [3.8, 4) is 0 Å². The number of carbonyl (C=O) groups is 3. The Kier molecular flexibility index (Phi) is 12.5. The highest BCUT2D eigenvalue weighted by Gasteiger charge is 2.12. The molecule has 184 valence electrons. The fourth-order valence-electron chi connectivity index (χ4n) is 3.68. The number of amides is 2. The molecule has 0 heterocycles. The predicted octanol–water partition coefficient (Wildman–Crippen LogP) is 6.65. The van der Waals surface area contributed by atoms with Crippen molar-refractivity contribution in [3.05, 3.63) is 59.7 Å². The number of aryl methyl sites for hydroxylation is 1. The smallest absolute Gasteiger partial charge is 0.338 e. The summed E-state index contributed by atoms with van der Waals surface area (Å²) in [5.41, 5.74) is 2.49. The first-order valence-electron chi connectivity index (χ1n) is 12.4. The minimum atomic E-state index is -0.616. The number of unbranched alkanes of at least 4 members (excludes halogenated alkanes) is 8. The van der Waals surface area contributed by atoms with Crippen molar-refractivity contribution in [2.75, 3.05) is 17.2 Å². The molecule has 2 aromatic rings. The van der Waals surface area contributed by atoms with E-state index in [0.29, 0.717) is 17.8 Å². The highest BCUT2D eigenvalue weighted by atomic mass is 16.5. The maximum atomic E-state index is 12.3. The first-order chi connectivity index (χ1) is 16.5. The van der Waals surface area contributed by atoms with Gasteiger partial charge in [-0.3, -0.25) is 9.59 Å². The van der Waals surface area contributed by atoms with Crippen molar-refractivity contribution in [2.24, 2.45) is 0 Å². The van der Waals surface area contributed by atoms with Gasteiger partial charge in [-0.05, 0) is 49.2 Å². The van der Waals surface area contributed by atoms with Crippen molar-refractivity contribution >= 4 is 29.2 Å². The fraction of sp³-hybridized carbons (Fsp3) is 0.464. The highest BCUT2D eigenvalue weighted by molar-refractivity contribution is 5.97. The molecule has 6 nitrogen and oxygen atoms in total. The lowest BCUT2D eigenvalue weighted by Gasteiger charge is -2.09. The van der Waals surface area contributed by atoms with Gasteiger partial charge in [0, 0.05) is 17.8 Å². The van der Waals surface area contributed by atoms with Crippen molar-refractivity contribution in [1.29, 1.82) is 0 Å². The monoisotopic (exact) mass is 466 g/mol. The first kappa shape index (κ1) is 27.1. The summed E-state index contributed by atoms with van der Waals surface area (Å²) < 4.78 is 5.12. The van der Waals surface area contributed by atoms with Crippen LogP contribution in [0.4, 0.5) is 11.4 Å². The second-order valence-electron chi connectivity index (χ2n) is 8.70. The average Bonchev–Trinajstić information content (AvgIpc) is 2.81. The maximum Gasteiger partial charge on any atom is 0.338 e. The van der Waals surface area contributed by atoms with E-state index in [0.717, 1.165) is 24.8 Å². The minimum Gasteiger partial charge on any atom is -0.452 e. The lowest BCUT2D eigenvalue weighted by molar-refractivity contribution is -0.119.